The SMILES string of the molecule is CC(=O)N[C@H]1CC[C@@]2(C)[C@H](CCC3[C@@H]4CC[C@@]5(CC(C)=C4C[C@@H]32)O[C@@H]2C[C@H](C)CN[C@H]2[C@H]5C)C1. The fourth-order valence-corrected chi connectivity index (χ4v) is 10.2. The molecule has 2 N–H and O–H groups in total. The van der Waals surface area contributed by atoms with Crippen LogP contribution in [-0.4, -0.2) is 36.2 Å². The maximum Gasteiger partial charge on any atom is 0.217 e. The third-order valence-corrected chi connectivity index (χ3v) is 12.0. The Morgan fingerprint density at radius 1 is 1.12 bits per heavy atom. The Kier molecular flexibility index (Phi) is 5.76. The van der Waals surface area contributed by atoms with Gasteiger partial charge in [-0.3, -0.25) is 4.79 Å². The van der Waals surface area contributed by atoms with Crippen molar-refractivity contribution in [2.75, 3.05) is 6.54 Å². The van der Waals surface area contributed by atoms with Crippen molar-refractivity contribution in [3.63, 3.8) is 0 Å². The molecular weight excluding hydrogens is 420 g/mol. The number of carbonyl (C=O) groups is 1. The molecule has 2 saturated heterocycles. The van der Waals surface area contributed by atoms with Gasteiger partial charge in [-0.25, -0.2) is 0 Å². The molecule has 3 saturated carbocycles. The van der Waals surface area contributed by atoms with Crippen LogP contribution in [0, 0.1) is 40.9 Å². The minimum Gasteiger partial charge on any atom is -0.369 e. The molecule has 6 aliphatic rings. The number of rotatable bonds is 1. The number of amides is 1. The number of hydrogen-bond donors (Lipinski definition) is 2. The second kappa shape index (κ2) is 8.33. The van der Waals surface area contributed by atoms with Gasteiger partial charge in [-0.05, 0) is 113 Å². The second-order valence-electron chi connectivity index (χ2n) is 13.8. The summed E-state index contributed by atoms with van der Waals surface area (Å²) in [6.45, 7) is 12.8. The van der Waals surface area contributed by atoms with E-state index in [4.69, 9.17) is 4.74 Å². The van der Waals surface area contributed by atoms with E-state index >= 15 is 0 Å². The van der Waals surface area contributed by atoms with Gasteiger partial charge >= 0.3 is 0 Å². The van der Waals surface area contributed by atoms with Crippen LogP contribution in [0.25, 0.3) is 0 Å². The molecule has 0 aromatic rings. The maximum absolute atomic E-state index is 11.7. The average Bonchev–Trinajstić information content (AvgIpc) is 3.24. The summed E-state index contributed by atoms with van der Waals surface area (Å²) in [6, 6.07) is 0.952. The number of ether oxygens (including phenoxy) is 1. The molecule has 4 nitrogen and oxygen atoms in total. The summed E-state index contributed by atoms with van der Waals surface area (Å²) in [5.74, 6) is 4.77. The summed E-state index contributed by atoms with van der Waals surface area (Å²) < 4.78 is 7.05. The Balaban J connectivity index is 1.23. The molecule has 2 heterocycles. The Labute approximate surface area is 207 Å². The number of allylic oxidation sites excluding steroid dienone is 1. The highest BCUT2D eigenvalue weighted by Crippen LogP contribution is 2.65. The van der Waals surface area contributed by atoms with Crippen LogP contribution in [0.2, 0.25) is 0 Å². The topological polar surface area (TPSA) is 50.4 Å². The van der Waals surface area contributed by atoms with Crippen LogP contribution in [0.1, 0.15) is 98.8 Å². The first kappa shape index (κ1) is 23.5. The van der Waals surface area contributed by atoms with Crippen molar-refractivity contribution >= 4 is 5.91 Å². The number of fused-ring (bicyclic) bond motifs is 6. The van der Waals surface area contributed by atoms with Crippen LogP contribution in [0.4, 0.5) is 0 Å². The predicted octanol–water partition coefficient (Wildman–Crippen LogP) is 5.62. The van der Waals surface area contributed by atoms with Gasteiger partial charge in [0.25, 0.3) is 0 Å². The van der Waals surface area contributed by atoms with Crippen LogP contribution < -0.4 is 10.6 Å². The summed E-state index contributed by atoms with van der Waals surface area (Å²) in [4.78, 5) is 11.7. The zero-order valence-electron chi connectivity index (χ0n) is 22.3. The van der Waals surface area contributed by atoms with E-state index in [0.29, 0.717) is 29.5 Å². The molecule has 6 rings (SSSR count). The first-order chi connectivity index (χ1) is 16.2. The van der Waals surface area contributed by atoms with Gasteiger partial charge in [0.2, 0.25) is 5.91 Å². The minimum atomic E-state index is 0.0564. The van der Waals surface area contributed by atoms with E-state index < -0.39 is 0 Å². The van der Waals surface area contributed by atoms with Crippen molar-refractivity contribution in [2.45, 2.75) is 123 Å². The smallest absolute Gasteiger partial charge is 0.217 e. The van der Waals surface area contributed by atoms with Gasteiger partial charge in [-0.2, -0.15) is 0 Å². The lowest BCUT2D eigenvalue weighted by atomic mass is 9.52. The van der Waals surface area contributed by atoms with E-state index in [9.17, 15) is 4.79 Å². The van der Waals surface area contributed by atoms with E-state index in [1.54, 1.807) is 12.5 Å². The molecule has 0 aromatic heterocycles. The quantitative estimate of drug-likeness (QED) is 0.491. The van der Waals surface area contributed by atoms with Crippen molar-refractivity contribution in [3.8, 4) is 0 Å². The molecule has 1 unspecified atom stereocenters. The molecule has 1 amide bonds. The fraction of sp³-hybridized carbons (Fsp3) is 0.900. The summed E-state index contributed by atoms with van der Waals surface area (Å²) >= 11 is 0. The Bertz CT molecular complexity index is 868. The standard InChI is InChI=1S/C30H48N2O2/c1-17-12-27-28(31-16-17)19(3)30(34-27)11-9-23-24-7-6-21-13-22(32-20(4)33)8-10-29(21,5)26(24)14-25(23)18(2)15-30/h17,19,21-24,26-28,31H,6-16H2,1-5H3,(H,32,33)/t17-,19+,21+,22-,23-,24?,26-,27+,28-,29-,30-/m0/s1. The van der Waals surface area contributed by atoms with Crippen molar-refractivity contribution in [1.82, 2.24) is 10.6 Å². The Hall–Kier alpha value is -0.870. The monoisotopic (exact) mass is 468 g/mol. The molecule has 2 aliphatic heterocycles. The van der Waals surface area contributed by atoms with Gasteiger partial charge in [0.15, 0.2) is 0 Å². The first-order valence-electron chi connectivity index (χ1n) is 14.6. The second-order valence-corrected chi connectivity index (χ2v) is 13.8. The summed E-state index contributed by atoms with van der Waals surface area (Å²) in [7, 11) is 0. The van der Waals surface area contributed by atoms with Crippen LogP contribution in [-0.2, 0) is 9.53 Å². The molecule has 34 heavy (non-hydrogen) atoms. The van der Waals surface area contributed by atoms with E-state index in [2.05, 4.69) is 38.3 Å². The van der Waals surface area contributed by atoms with Gasteiger partial charge in [0.05, 0.1) is 11.7 Å². The molecule has 0 radical (unpaired) electrons. The zero-order chi connectivity index (χ0) is 23.8. The molecule has 5 fully saturated rings. The molecule has 4 aliphatic carbocycles. The molecule has 190 valence electrons. The lowest BCUT2D eigenvalue weighted by molar-refractivity contribution is -0.121. The van der Waals surface area contributed by atoms with Gasteiger partial charge in [-0.1, -0.05) is 31.9 Å². The van der Waals surface area contributed by atoms with E-state index in [1.807, 2.05) is 5.57 Å². The fourth-order valence-electron chi connectivity index (χ4n) is 10.2. The van der Waals surface area contributed by atoms with Crippen molar-refractivity contribution < 1.29 is 9.53 Å². The van der Waals surface area contributed by atoms with Crippen molar-refractivity contribution in [3.05, 3.63) is 11.1 Å². The van der Waals surface area contributed by atoms with Gasteiger partial charge in [0.1, 0.15) is 0 Å². The molecule has 11 atom stereocenters. The van der Waals surface area contributed by atoms with Crippen LogP contribution in [0.3, 0.4) is 0 Å². The number of piperidine rings is 1. The lowest BCUT2D eigenvalue weighted by Crippen LogP contribution is -2.50. The van der Waals surface area contributed by atoms with Crippen molar-refractivity contribution in [1.29, 1.82) is 0 Å². The Morgan fingerprint density at radius 2 is 1.94 bits per heavy atom. The third kappa shape index (κ3) is 3.56. The van der Waals surface area contributed by atoms with Crippen LogP contribution in [0.5, 0.6) is 0 Å². The highest BCUT2D eigenvalue weighted by molar-refractivity contribution is 5.73. The van der Waals surface area contributed by atoms with Gasteiger partial charge in [-0.15, -0.1) is 0 Å². The minimum absolute atomic E-state index is 0.0564. The van der Waals surface area contributed by atoms with E-state index in [-0.39, 0.29) is 11.5 Å². The lowest BCUT2D eigenvalue weighted by Gasteiger charge is -2.54. The predicted molar refractivity (Wildman–Crippen MR) is 136 cm³/mol. The summed E-state index contributed by atoms with van der Waals surface area (Å²) in [5, 5.41) is 7.11. The van der Waals surface area contributed by atoms with E-state index in [0.717, 1.165) is 42.6 Å². The van der Waals surface area contributed by atoms with Crippen LogP contribution >= 0.6 is 0 Å². The summed E-state index contributed by atoms with van der Waals surface area (Å²) in [6.07, 6.45) is 13.1. The molecule has 4 heteroatoms. The molecular formula is C30H48N2O2. The number of carbonyl (C=O) groups excluding carboxylic acids is 1. The highest BCUT2D eigenvalue weighted by Gasteiger charge is 2.59. The van der Waals surface area contributed by atoms with Crippen LogP contribution in [0.15, 0.2) is 11.1 Å². The Morgan fingerprint density at radius 3 is 2.74 bits per heavy atom. The summed E-state index contributed by atoms with van der Waals surface area (Å²) in [5.41, 5.74) is 4.04. The maximum atomic E-state index is 11.7. The first-order valence-corrected chi connectivity index (χ1v) is 14.6. The van der Waals surface area contributed by atoms with Gasteiger partial charge < -0.3 is 15.4 Å². The molecule has 1 spiro atoms. The largest absolute Gasteiger partial charge is 0.369 e. The normalized spacial score (nSPS) is 52.4. The van der Waals surface area contributed by atoms with Gasteiger partial charge in [0, 0.05) is 24.9 Å². The molecule has 0 aromatic carbocycles. The van der Waals surface area contributed by atoms with E-state index in [1.165, 1.54) is 57.8 Å². The third-order valence-electron chi connectivity index (χ3n) is 12.0. The highest BCUT2D eigenvalue weighted by atomic mass is 16.5. The average molecular weight is 469 g/mol. The molecule has 0 bridgehead atoms. The number of nitrogens with one attached hydrogen (secondary N) is 2. The zero-order valence-corrected chi connectivity index (χ0v) is 22.3. The number of hydrogen-bond acceptors (Lipinski definition) is 3. The van der Waals surface area contributed by atoms with Crippen molar-refractivity contribution in [2.24, 2.45) is 40.9 Å².